The van der Waals surface area contributed by atoms with Crippen molar-refractivity contribution in [3.05, 3.63) is 59.2 Å². The highest BCUT2D eigenvalue weighted by atomic mass is 16.2. The molecule has 1 N–H and O–H groups in total. The zero-order chi connectivity index (χ0) is 17.8. The van der Waals surface area contributed by atoms with Gasteiger partial charge in [-0.2, -0.15) is 0 Å². The first-order valence-corrected chi connectivity index (χ1v) is 8.49. The maximum atomic E-state index is 12.7. The Balaban J connectivity index is 1.57. The van der Waals surface area contributed by atoms with Gasteiger partial charge in [0, 0.05) is 42.9 Å². The van der Waals surface area contributed by atoms with Gasteiger partial charge < -0.3 is 10.2 Å². The normalized spacial score (nSPS) is 13.4. The van der Waals surface area contributed by atoms with Crippen molar-refractivity contribution in [3.8, 4) is 0 Å². The number of carbonyl (C=O) groups excluding carboxylic acids is 2. The number of nitrogens with one attached hydrogen (secondary N) is 1. The first-order valence-electron chi connectivity index (χ1n) is 8.49. The van der Waals surface area contributed by atoms with Crippen LogP contribution in [0.2, 0.25) is 0 Å². The van der Waals surface area contributed by atoms with Crippen LogP contribution >= 0.6 is 0 Å². The Kier molecular flexibility index (Phi) is 5.07. The highest BCUT2D eigenvalue weighted by Gasteiger charge is 2.32. The van der Waals surface area contributed by atoms with E-state index in [1.54, 1.807) is 30.6 Å². The largest absolute Gasteiger partial charge is 0.350 e. The molecule has 2 aromatic rings. The van der Waals surface area contributed by atoms with Gasteiger partial charge in [-0.15, -0.1) is 0 Å². The van der Waals surface area contributed by atoms with E-state index in [0.29, 0.717) is 24.2 Å². The Bertz CT molecular complexity index is 752. The van der Waals surface area contributed by atoms with Crippen molar-refractivity contribution >= 4 is 11.8 Å². The third-order valence-corrected chi connectivity index (χ3v) is 4.22. The van der Waals surface area contributed by atoms with Crippen LogP contribution in [0, 0.1) is 13.8 Å². The smallest absolute Gasteiger partial charge is 0.255 e. The predicted octanol–water partition coefficient (Wildman–Crippen LogP) is 2.13. The van der Waals surface area contributed by atoms with Gasteiger partial charge in [-0.05, 0) is 51.0 Å². The molecule has 1 saturated carbocycles. The van der Waals surface area contributed by atoms with Crippen molar-refractivity contribution in [2.45, 2.75) is 32.7 Å². The van der Waals surface area contributed by atoms with Crippen LogP contribution in [0.3, 0.4) is 0 Å². The fourth-order valence-electron chi connectivity index (χ4n) is 2.59. The maximum Gasteiger partial charge on any atom is 0.255 e. The highest BCUT2D eigenvalue weighted by Crippen LogP contribution is 2.27. The number of amides is 2. The van der Waals surface area contributed by atoms with Crippen molar-refractivity contribution < 1.29 is 9.59 Å². The molecule has 0 aromatic carbocycles. The molecule has 25 heavy (non-hydrogen) atoms. The van der Waals surface area contributed by atoms with Crippen molar-refractivity contribution in [2.75, 3.05) is 13.1 Å². The number of aryl methyl sites for hydroxylation is 2. The summed E-state index contributed by atoms with van der Waals surface area (Å²) in [6.45, 7) is 4.67. The lowest BCUT2D eigenvalue weighted by Crippen LogP contribution is -2.40. The fraction of sp³-hybridized carbons (Fsp3) is 0.368. The number of hydrogen-bond acceptors (Lipinski definition) is 4. The molecule has 0 aliphatic heterocycles. The van der Waals surface area contributed by atoms with Gasteiger partial charge in [0.15, 0.2) is 0 Å². The summed E-state index contributed by atoms with van der Waals surface area (Å²) < 4.78 is 0. The molecular weight excluding hydrogens is 316 g/mol. The van der Waals surface area contributed by atoms with Crippen LogP contribution in [0.25, 0.3) is 0 Å². The first-order chi connectivity index (χ1) is 12.0. The standard InChI is InChI=1S/C19H22N4O2/c1-13-3-5-15(11-21-13)18(24)20-9-10-23(17-7-8-17)19(25)16-6-4-14(2)22-12-16/h3-6,11-12,17H,7-10H2,1-2H3,(H,20,24). The van der Waals surface area contributed by atoms with Gasteiger partial charge in [0.05, 0.1) is 11.1 Å². The molecule has 6 heteroatoms. The minimum absolute atomic E-state index is 0.0266. The second-order valence-electron chi connectivity index (χ2n) is 6.36. The molecule has 2 heterocycles. The van der Waals surface area contributed by atoms with Gasteiger partial charge in [-0.3, -0.25) is 19.6 Å². The SMILES string of the molecule is Cc1ccc(C(=O)NCCN(C(=O)c2ccc(C)nc2)C2CC2)cn1. The van der Waals surface area contributed by atoms with E-state index < -0.39 is 0 Å². The number of aromatic nitrogens is 2. The topological polar surface area (TPSA) is 75.2 Å². The number of pyridine rings is 2. The molecule has 130 valence electrons. The molecular formula is C19H22N4O2. The van der Waals surface area contributed by atoms with Gasteiger partial charge in [-0.1, -0.05) is 0 Å². The summed E-state index contributed by atoms with van der Waals surface area (Å²) in [7, 11) is 0. The average Bonchev–Trinajstić information content (AvgIpc) is 3.44. The molecule has 3 rings (SSSR count). The van der Waals surface area contributed by atoms with Gasteiger partial charge in [0.2, 0.25) is 0 Å². The monoisotopic (exact) mass is 338 g/mol. The lowest BCUT2D eigenvalue weighted by atomic mass is 10.2. The molecule has 0 radical (unpaired) electrons. The molecule has 1 fully saturated rings. The van der Waals surface area contributed by atoms with E-state index in [9.17, 15) is 9.59 Å². The van der Waals surface area contributed by atoms with Crippen molar-refractivity contribution in [3.63, 3.8) is 0 Å². The molecule has 1 aliphatic rings. The van der Waals surface area contributed by atoms with Crippen LogP contribution in [-0.4, -0.2) is 45.8 Å². The van der Waals surface area contributed by atoms with Gasteiger partial charge in [0.1, 0.15) is 0 Å². The van der Waals surface area contributed by atoms with Crippen molar-refractivity contribution in [2.24, 2.45) is 0 Å². The van der Waals surface area contributed by atoms with Crippen molar-refractivity contribution in [1.29, 1.82) is 0 Å². The lowest BCUT2D eigenvalue weighted by molar-refractivity contribution is 0.0736. The summed E-state index contributed by atoms with van der Waals surface area (Å²) in [5, 5.41) is 2.86. The third kappa shape index (κ3) is 4.41. The molecule has 6 nitrogen and oxygen atoms in total. The highest BCUT2D eigenvalue weighted by molar-refractivity contribution is 5.95. The Morgan fingerprint density at radius 1 is 1.04 bits per heavy atom. The molecule has 2 aromatic heterocycles. The zero-order valence-corrected chi connectivity index (χ0v) is 14.5. The third-order valence-electron chi connectivity index (χ3n) is 4.22. The molecule has 0 bridgehead atoms. The molecule has 2 amide bonds. The summed E-state index contributed by atoms with van der Waals surface area (Å²) in [6, 6.07) is 7.46. The lowest BCUT2D eigenvalue weighted by Gasteiger charge is -2.22. The van der Waals surface area contributed by atoms with Crippen LogP contribution in [-0.2, 0) is 0 Å². The minimum atomic E-state index is -0.173. The van der Waals surface area contributed by atoms with E-state index in [4.69, 9.17) is 0 Å². The summed E-state index contributed by atoms with van der Waals surface area (Å²) in [5.74, 6) is -0.200. The van der Waals surface area contributed by atoms with Crippen molar-refractivity contribution in [1.82, 2.24) is 20.2 Å². The molecule has 0 atom stereocenters. The first kappa shape index (κ1) is 17.1. The Morgan fingerprint density at radius 2 is 1.64 bits per heavy atom. The minimum Gasteiger partial charge on any atom is -0.350 e. The van der Waals surface area contributed by atoms with E-state index in [0.717, 1.165) is 24.2 Å². The van der Waals surface area contributed by atoms with Gasteiger partial charge >= 0.3 is 0 Å². The predicted molar refractivity (Wildman–Crippen MR) is 94.3 cm³/mol. The van der Waals surface area contributed by atoms with Gasteiger partial charge in [0.25, 0.3) is 11.8 Å². The molecule has 0 spiro atoms. The summed E-state index contributed by atoms with van der Waals surface area (Å²) in [4.78, 5) is 35.0. The number of carbonyl (C=O) groups is 2. The van der Waals surface area contributed by atoms with E-state index in [1.165, 1.54) is 0 Å². The maximum absolute atomic E-state index is 12.7. The van der Waals surface area contributed by atoms with Crippen LogP contribution in [0.15, 0.2) is 36.7 Å². The van der Waals surface area contributed by atoms with E-state index in [1.807, 2.05) is 24.8 Å². The van der Waals surface area contributed by atoms with Crippen LogP contribution in [0.1, 0.15) is 44.9 Å². The van der Waals surface area contributed by atoms with Crippen LogP contribution in [0.4, 0.5) is 0 Å². The van der Waals surface area contributed by atoms with E-state index in [-0.39, 0.29) is 17.9 Å². The molecule has 1 aliphatic carbocycles. The Morgan fingerprint density at radius 3 is 2.16 bits per heavy atom. The van der Waals surface area contributed by atoms with Gasteiger partial charge in [-0.25, -0.2) is 0 Å². The number of hydrogen-bond donors (Lipinski definition) is 1. The second-order valence-corrected chi connectivity index (χ2v) is 6.36. The second kappa shape index (κ2) is 7.42. The van der Waals surface area contributed by atoms with E-state index >= 15 is 0 Å². The fourth-order valence-corrected chi connectivity index (χ4v) is 2.59. The number of rotatable bonds is 6. The Labute approximate surface area is 147 Å². The quantitative estimate of drug-likeness (QED) is 0.875. The molecule has 0 unspecified atom stereocenters. The summed E-state index contributed by atoms with van der Waals surface area (Å²) in [6.07, 6.45) is 5.21. The Hall–Kier alpha value is -2.76. The number of nitrogens with zero attached hydrogens (tertiary/aromatic N) is 3. The summed E-state index contributed by atoms with van der Waals surface area (Å²) in [5.41, 5.74) is 2.87. The van der Waals surface area contributed by atoms with Crippen LogP contribution in [0.5, 0.6) is 0 Å². The van der Waals surface area contributed by atoms with Crippen LogP contribution < -0.4 is 5.32 Å². The summed E-state index contributed by atoms with van der Waals surface area (Å²) >= 11 is 0. The average molecular weight is 338 g/mol. The zero-order valence-electron chi connectivity index (χ0n) is 14.5. The van der Waals surface area contributed by atoms with E-state index in [2.05, 4.69) is 15.3 Å². The molecule has 0 saturated heterocycles.